The van der Waals surface area contributed by atoms with Crippen LogP contribution in [0.4, 0.5) is 0 Å². The third-order valence-corrected chi connectivity index (χ3v) is 4.28. The van der Waals surface area contributed by atoms with Gasteiger partial charge in [-0.05, 0) is 59.3 Å². The Morgan fingerprint density at radius 2 is 1.73 bits per heavy atom. The van der Waals surface area contributed by atoms with E-state index in [0.29, 0.717) is 13.0 Å². The molecule has 1 rings (SSSR count). The van der Waals surface area contributed by atoms with Crippen LogP contribution in [0.15, 0.2) is 6.33 Å². The first-order valence-electron chi connectivity index (χ1n) is 10.6. The summed E-state index contributed by atoms with van der Waals surface area (Å²) in [5, 5.41) is 5.46. The SMILES string of the molecule is CC(C)(C)OC(=O)[C@H](CCCC[NH3+])NC(=O)c1nc[nH]c1C(=O)NCCCCC[NH3+]. The first kappa shape index (κ1) is 25.6. The van der Waals surface area contributed by atoms with Crippen molar-refractivity contribution in [3.8, 4) is 0 Å². The molecule has 0 aliphatic heterocycles. The van der Waals surface area contributed by atoms with E-state index in [1.807, 2.05) is 0 Å². The van der Waals surface area contributed by atoms with Crippen LogP contribution in [-0.2, 0) is 9.53 Å². The average molecular weight is 427 g/mol. The smallest absolute Gasteiger partial charge is 0.329 e. The zero-order chi connectivity index (χ0) is 22.6. The zero-order valence-corrected chi connectivity index (χ0v) is 18.5. The lowest BCUT2D eigenvalue weighted by molar-refractivity contribution is -0.368. The molecule has 0 unspecified atom stereocenters. The Balaban J connectivity index is 2.78. The molecule has 0 fully saturated rings. The molecule has 0 spiro atoms. The van der Waals surface area contributed by atoms with Gasteiger partial charge in [-0.25, -0.2) is 9.78 Å². The molecule has 1 atom stereocenters. The quantitative estimate of drug-likeness (QED) is 0.209. The maximum Gasteiger partial charge on any atom is 0.329 e. The van der Waals surface area contributed by atoms with Gasteiger partial charge in [0.05, 0.1) is 19.4 Å². The summed E-state index contributed by atoms with van der Waals surface area (Å²) >= 11 is 0. The van der Waals surface area contributed by atoms with Gasteiger partial charge in [0.2, 0.25) is 0 Å². The molecule has 0 saturated heterocycles. The van der Waals surface area contributed by atoms with Gasteiger partial charge in [0.25, 0.3) is 11.8 Å². The minimum Gasteiger partial charge on any atom is -0.458 e. The van der Waals surface area contributed by atoms with Gasteiger partial charge in [0, 0.05) is 6.54 Å². The molecule has 0 aliphatic carbocycles. The van der Waals surface area contributed by atoms with Crippen molar-refractivity contribution in [3.05, 3.63) is 17.7 Å². The summed E-state index contributed by atoms with van der Waals surface area (Å²) in [5.41, 5.74) is 6.94. The van der Waals surface area contributed by atoms with Crippen molar-refractivity contribution < 1.29 is 30.6 Å². The van der Waals surface area contributed by atoms with Gasteiger partial charge < -0.3 is 31.8 Å². The number of quaternary nitrogens is 2. The fourth-order valence-corrected chi connectivity index (χ4v) is 2.78. The van der Waals surface area contributed by atoms with Crippen LogP contribution in [0.25, 0.3) is 0 Å². The second kappa shape index (κ2) is 13.0. The van der Waals surface area contributed by atoms with Crippen LogP contribution in [0.3, 0.4) is 0 Å². The number of ether oxygens (including phenoxy) is 1. The standard InChI is InChI=1S/C20H36N6O4/c1-20(2,3)30-19(29)14(9-5-7-11-22)26-18(28)16-15(24-13-25-16)17(27)23-12-8-4-6-10-21/h13-14H,4-12,21-22H2,1-3H3,(H,23,27)(H,24,25)(H,26,28)/p+2/t14-/m0/s1. The van der Waals surface area contributed by atoms with Crippen molar-refractivity contribution in [2.45, 2.75) is 70.9 Å². The lowest BCUT2D eigenvalue weighted by Crippen LogP contribution is -2.50. The Morgan fingerprint density at radius 3 is 2.37 bits per heavy atom. The summed E-state index contributed by atoms with van der Waals surface area (Å²) in [4.78, 5) is 44.4. The largest absolute Gasteiger partial charge is 0.458 e. The Morgan fingerprint density at radius 1 is 1.07 bits per heavy atom. The third-order valence-electron chi connectivity index (χ3n) is 4.28. The molecule has 10 nitrogen and oxygen atoms in total. The molecule has 0 bridgehead atoms. The molecule has 0 aliphatic rings. The summed E-state index contributed by atoms with van der Waals surface area (Å²) in [6.45, 7) is 7.43. The van der Waals surface area contributed by atoms with Crippen molar-refractivity contribution in [2.24, 2.45) is 0 Å². The van der Waals surface area contributed by atoms with E-state index < -0.39 is 29.4 Å². The predicted octanol–water partition coefficient (Wildman–Crippen LogP) is -0.596. The molecular weight excluding hydrogens is 388 g/mol. The number of aromatic nitrogens is 2. The first-order valence-corrected chi connectivity index (χ1v) is 10.6. The summed E-state index contributed by atoms with van der Waals surface area (Å²) in [5.74, 6) is -1.51. The highest BCUT2D eigenvalue weighted by molar-refractivity contribution is 6.05. The summed E-state index contributed by atoms with van der Waals surface area (Å²) in [7, 11) is 0. The number of hydrogen-bond donors (Lipinski definition) is 5. The molecule has 0 radical (unpaired) electrons. The second-order valence-corrected chi connectivity index (χ2v) is 8.21. The minimum atomic E-state index is -0.821. The number of imidazole rings is 1. The Kier molecular flexibility index (Phi) is 11.1. The second-order valence-electron chi connectivity index (χ2n) is 8.21. The molecule has 0 aromatic carbocycles. The highest BCUT2D eigenvalue weighted by atomic mass is 16.6. The van der Waals surface area contributed by atoms with E-state index in [4.69, 9.17) is 4.74 Å². The van der Waals surface area contributed by atoms with Crippen LogP contribution in [0.1, 0.15) is 80.3 Å². The number of carbonyl (C=O) groups excluding carboxylic acids is 3. The lowest BCUT2D eigenvalue weighted by Gasteiger charge is -2.24. The molecule has 2 amide bonds. The molecule has 9 N–H and O–H groups in total. The highest BCUT2D eigenvalue weighted by Crippen LogP contribution is 2.12. The number of hydrogen-bond acceptors (Lipinski definition) is 5. The predicted molar refractivity (Wildman–Crippen MR) is 111 cm³/mol. The number of H-pyrrole nitrogens is 1. The Hall–Kier alpha value is -2.46. The van der Waals surface area contributed by atoms with Gasteiger partial charge in [-0.15, -0.1) is 0 Å². The zero-order valence-electron chi connectivity index (χ0n) is 18.5. The van der Waals surface area contributed by atoms with E-state index in [1.54, 1.807) is 20.8 Å². The third kappa shape index (κ3) is 9.36. The van der Waals surface area contributed by atoms with Crippen LogP contribution in [0, 0.1) is 0 Å². The van der Waals surface area contributed by atoms with Crippen LogP contribution in [0.5, 0.6) is 0 Å². The number of esters is 1. The van der Waals surface area contributed by atoms with Crippen molar-refractivity contribution >= 4 is 17.8 Å². The lowest BCUT2D eigenvalue weighted by atomic mass is 10.1. The number of carbonyl (C=O) groups is 3. The molecule has 10 heteroatoms. The molecule has 170 valence electrons. The number of nitrogens with zero attached hydrogens (tertiary/aromatic N) is 1. The Labute approximate surface area is 177 Å². The first-order chi connectivity index (χ1) is 14.2. The fraction of sp³-hybridized carbons (Fsp3) is 0.700. The highest BCUT2D eigenvalue weighted by Gasteiger charge is 2.29. The normalized spacial score (nSPS) is 12.3. The summed E-state index contributed by atoms with van der Waals surface area (Å²) in [6, 6.07) is -0.821. The van der Waals surface area contributed by atoms with Gasteiger partial charge in [0.1, 0.15) is 17.3 Å². The van der Waals surface area contributed by atoms with Gasteiger partial charge >= 0.3 is 5.97 Å². The number of unbranched alkanes of at least 4 members (excludes halogenated alkanes) is 3. The Bertz CT molecular complexity index is 683. The number of nitrogens with one attached hydrogen (secondary N) is 3. The van der Waals surface area contributed by atoms with Crippen LogP contribution in [-0.4, -0.2) is 59.0 Å². The van der Waals surface area contributed by atoms with E-state index in [-0.39, 0.29) is 11.4 Å². The van der Waals surface area contributed by atoms with Gasteiger partial charge in [0.15, 0.2) is 5.69 Å². The van der Waals surface area contributed by atoms with Crippen LogP contribution >= 0.6 is 0 Å². The van der Waals surface area contributed by atoms with Crippen molar-refractivity contribution in [2.75, 3.05) is 19.6 Å². The molecule has 1 aromatic rings. The monoisotopic (exact) mass is 426 g/mol. The minimum absolute atomic E-state index is 0.0454. The van der Waals surface area contributed by atoms with Gasteiger partial charge in [-0.2, -0.15) is 0 Å². The maximum atomic E-state index is 12.8. The van der Waals surface area contributed by atoms with Crippen LogP contribution < -0.4 is 22.1 Å². The maximum absolute atomic E-state index is 12.8. The van der Waals surface area contributed by atoms with E-state index >= 15 is 0 Å². The average Bonchev–Trinajstić information content (AvgIpc) is 3.15. The van der Waals surface area contributed by atoms with Gasteiger partial charge in [-0.3, -0.25) is 9.59 Å². The molecule has 1 aromatic heterocycles. The van der Waals surface area contributed by atoms with Crippen LogP contribution in [0.2, 0.25) is 0 Å². The molecule has 30 heavy (non-hydrogen) atoms. The fourth-order valence-electron chi connectivity index (χ4n) is 2.78. The summed E-state index contributed by atoms with van der Waals surface area (Å²) in [6.07, 6.45) is 6.09. The van der Waals surface area contributed by atoms with E-state index in [2.05, 4.69) is 32.1 Å². The molecule has 1 heterocycles. The van der Waals surface area contributed by atoms with Crippen molar-refractivity contribution in [1.82, 2.24) is 20.6 Å². The number of aromatic amines is 1. The van der Waals surface area contributed by atoms with E-state index in [1.165, 1.54) is 6.33 Å². The van der Waals surface area contributed by atoms with Crippen molar-refractivity contribution in [1.29, 1.82) is 0 Å². The number of rotatable bonds is 13. The summed E-state index contributed by atoms with van der Waals surface area (Å²) < 4.78 is 5.43. The van der Waals surface area contributed by atoms with E-state index in [0.717, 1.165) is 45.2 Å². The van der Waals surface area contributed by atoms with Gasteiger partial charge in [-0.1, -0.05) is 0 Å². The molecule has 0 saturated carbocycles. The van der Waals surface area contributed by atoms with E-state index in [9.17, 15) is 14.4 Å². The molecular formula is C20H38N6O4+2. The topological polar surface area (TPSA) is 168 Å². The number of amides is 2. The van der Waals surface area contributed by atoms with Crippen molar-refractivity contribution in [3.63, 3.8) is 0 Å².